The summed E-state index contributed by atoms with van der Waals surface area (Å²) in [6, 6.07) is 2.13. The van der Waals surface area contributed by atoms with Crippen molar-refractivity contribution in [3.05, 3.63) is 28.3 Å². The van der Waals surface area contributed by atoms with E-state index in [-0.39, 0.29) is 6.73 Å². The van der Waals surface area contributed by atoms with Crippen molar-refractivity contribution in [2.75, 3.05) is 20.9 Å². The van der Waals surface area contributed by atoms with E-state index in [9.17, 15) is 0 Å². The van der Waals surface area contributed by atoms with Crippen LogP contribution in [-0.4, -0.2) is 30.9 Å². The van der Waals surface area contributed by atoms with Crippen molar-refractivity contribution in [3.63, 3.8) is 0 Å². The summed E-state index contributed by atoms with van der Waals surface area (Å²) in [4.78, 5) is 1.87. The fourth-order valence-corrected chi connectivity index (χ4v) is 1.96. The summed E-state index contributed by atoms with van der Waals surface area (Å²) in [5, 5.41) is 9.03. The normalized spacial score (nSPS) is 10.9. The van der Waals surface area contributed by atoms with Gasteiger partial charge in [0.25, 0.3) is 0 Å². The van der Waals surface area contributed by atoms with Crippen LogP contribution < -0.4 is 4.74 Å². The van der Waals surface area contributed by atoms with Crippen LogP contribution in [0.5, 0.6) is 5.75 Å². The molecule has 1 N–H and O–H groups in total. The van der Waals surface area contributed by atoms with Crippen molar-refractivity contribution in [1.29, 1.82) is 0 Å². The Morgan fingerprint density at radius 1 is 1.25 bits per heavy atom. The molecule has 0 radical (unpaired) electrons. The first kappa shape index (κ1) is 13.0. The molecule has 90 valence electrons. The van der Waals surface area contributed by atoms with E-state index in [2.05, 4.69) is 19.9 Å². The number of methoxy groups -OCH3 is 1. The first-order valence-electron chi connectivity index (χ1n) is 5.44. The Hall–Kier alpha value is -1.06. The standard InChI is InChI=1S/C13H21NO2/c1-9-6-12(7-14(4)8-15)10(2)11(3)13(9)16-5/h6,15H,7-8H2,1-5H3. The lowest BCUT2D eigenvalue weighted by atomic mass is 9.98. The van der Waals surface area contributed by atoms with Crippen LogP contribution in [0, 0.1) is 20.8 Å². The third-order valence-electron chi connectivity index (χ3n) is 3.02. The van der Waals surface area contributed by atoms with Crippen LogP contribution in [0.3, 0.4) is 0 Å². The second-order valence-corrected chi connectivity index (χ2v) is 4.29. The molecule has 0 spiro atoms. The number of aliphatic hydroxyl groups excluding tert-OH is 1. The maximum atomic E-state index is 9.03. The highest BCUT2D eigenvalue weighted by Crippen LogP contribution is 2.28. The number of hydrogen-bond acceptors (Lipinski definition) is 3. The molecule has 1 rings (SSSR count). The zero-order valence-corrected chi connectivity index (χ0v) is 10.8. The molecular formula is C13H21NO2. The zero-order valence-electron chi connectivity index (χ0n) is 10.8. The lowest BCUT2D eigenvalue weighted by molar-refractivity contribution is 0.126. The molecule has 3 nitrogen and oxygen atoms in total. The van der Waals surface area contributed by atoms with Gasteiger partial charge in [0.05, 0.1) is 13.8 Å². The number of rotatable bonds is 4. The maximum Gasteiger partial charge on any atom is 0.124 e. The molecule has 1 aromatic rings. The van der Waals surface area contributed by atoms with Gasteiger partial charge in [-0.25, -0.2) is 0 Å². The number of ether oxygens (including phenoxy) is 1. The Morgan fingerprint density at radius 3 is 2.38 bits per heavy atom. The molecule has 0 saturated carbocycles. The fraction of sp³-hybridized carbons (Fsp3) is 0.538. The summed E-state index contributed by atoms with van der Waals surface area (Å²) in [5.41, 5.74) is 4.81. The molecule has 0 saturated heterocycles. The summed E-state index contributed by atoms with van der Waals surface area (Å²) in [7, 11) is 3.60. The fourth-order valence-electron chi connectivity index (χ4n) is 1.96. The number of benzene rings is 1. The minimum Gasteiger partial charge on any atom is -0.496 e. The summed E-state index contributed by atoms with van der Waals surface area (Å²) in [5.74, 6) is 0.966. The minimum absolute atomic E-state index is 0.0730. The van der Waals surface area contributed by atoms with Gasteiger partial charge in [-0.05, 0) is 50.1 Å². The van der Waals surface area contributed by atoms with Gasteiger partial charge in [0.2, 0.25) is 0 Å². The topological polar surface area (TPSA) is 32.7 Å². The Balaban J connectivity index is 3.13. The SMILES string of the molecule is COc1c(C)cc(CN(C)CO)c(C)c1C. The number of hydrogen-bond donors (Lipinski definition) is 1. The van der Waals surface area contributed by atoms with E-state index in [1.54, 1.807) is 7.11 Å². The highest BCUT2D eigenvalue weighted by molar-refractivity contribution is 5.48. The van der Waals surface area contributed by atoms with E-state index in [4.69, 9.17) is 9.84 Å². The van der Waals surface area contributed by atoms with Crippen LogP contribution in [0.4, 0.5) is 0 Å². The molecule has 0 aliphatic rings. The number of nitrogens with zero attached hydrogens (tertiary/aromatic N) is 1. The van der Waals surface area contributed by atoms with E-state index < -0.39 is 0 Å². The summed E-state index contributed by atoms with van der Waals surface area (Å²) in [6.45, 7) is 7.05. The molecule has 0 unspecified atom stereocenters. The Kier molecular flexibility index (Phi) is 4.33. The molecule has 0 aliphatic heterocycles. The van der Waals surface area contributed by atoms with E-state index in [1.807, 2.05) is 18.9 Å². The molecule has 0 atom stereocenters. The van der Waals surface area contributed by atoms with E-state index in [0.29, 0.717) is 0 Å². The quantitative estimate of drug-likeness (QED) is 0.792. The van der Waals surface area contributed by atoms with Crippen molar-refractivity contribution in [2.24, 2.45) is 0 Å². The van der Waals surface area contributed by atoms with Gasteiger partial charge in [-0.3, -0.25) is 4.90 Å². The van der Waals surface area contributed by atoms with Crippen molar-refractivity contribution in [1.82, 2.24) is 4.90 Å². The van der Waals surface area contributed by atoms with Gasteiger partial charge in [0.1, 0.15) is 5.75 Å². The Bertz CT molecular complexity index is 375. The number of aliphatic hydroxyl groups is 1. The average molecular weight is 223 g/mol. The lowest BCUT2D eigenvalue weighted by Crippen LogP contribution is -2.19. The molecule has 0 fully saturated rings. The van der Waals surface area contributed by atoms with Gasteiger partial charge in [0.15, 0.2) is 0 Å². The Morgan fingerprint density at radius 2 is 1.88 bits per heavy atom. The second-order valence-electron chi connectivity index (χ2n) is 4.29. The Labute approximate surface area is 97.7 Å². The average Bonchev–Trinajstić information content (AvgIpc) is 2.26. The van der Waals surface area contributed by atoms with Crippen LogP contribution in [0.25, 0.3) is 0 Å². The molecule has 3 heteroatoms. The van der Waals surface area contributed by atoms with E-state index in [0.717, 1.165) is 17.9 Å². The molecular weight excluding hydrogens is 202 g/mol. The van der Waals surface area contributed by atoms with Crippen LogP contribution >= 0.6 is 0 Å². The van der Waals surface area contributed by atoms with Crippen LogP contribution in [-0.2, 0) is 6.54 Å². The minimum atomic E-state index is 0.0730. The third kappa shape index (κ3) is 2.54. The van der Waals surface area contributed by atoms with E-state index in [1.165, 1.54) is 16.7 Å². The summed E-state index contributed by atoms with van der Waals surface area (Å²) in [6.07, 6.45) is 0. The predicted molar refractivity (Wildman–Crippen MR) is 65.8 cm³/mol. The van der Waals surface area contributed by atoms with Crippen molar-refractivity contribution >= 4 is 0 Å². The number of aryl methyl sites for hydroxylation is 1. The van der Waals surface area contributed by atoms with Gasteiger partial charge in [-0.15, -0.1) is 0 Å². The van der Waals surface area contributed by atoms with Gasteiger partial charge >= 0.3 is 0 Å². The van der Waals surface area contributed by atoms with Crippen molar-refractivity contribution in [3.8, 4) is 5.75 Å². The van der Waals surface area contributed by atoms with Crippen molar-refractivity contribution in [2.45, 2.75) is 27.3 Å². The molecule has 16 heavy (non-hydrogen) atoms. The van der Waals surface area contributed by atoms with E-state index >= 15 is 0 Å². The molecule has 0 aliphatic carbocycles. The highest BCUT2D eigenvalue weighted by atomic mass is 16.5. The molecule has 0 bridgehead atoms. The van der Waals surface area contributed by atoms with Crippen molar-refractivity contribution < 1.29 is 9.84 Å². The first-order valence-corrected chi connectivity index (χ1v) is 5.44. The third-order valence-corrected chi connectivity index (χ3v) is 3.02. The van der Waals surface area contributed by atoms with Crippen LogP contribution in [0.15, 0.2) is 6.07 Å². The van der Waals surface area contributed by atoms with Gasteiger partial charge in [-0.2, -0.15) is 0 Å². The summed E-state index contributed by atoms with van der Waals surface area (Å²) < 4.78 is 5.38. The lowest BCUT2D eigenvalue weighted by Gasteiger charge is -2.19. The van der Waals surface area contributed by atoms with Gasteiger partial charge in [0, 0.05) is 6.54 Å². The smallest absolute Gasteiger partial charge is 0.124 e. The van der Waals surface area contributed by atoms with Gasteiger partial charge in [-0.1, -0.05) is 6.07 Å². The highest BCUT2D eigenvalue weighted by Gasteiger charge is 2.11. The van der Waals surface area contributed by atoms with Crippen LogP contribution in [0.1, 0.15) is 22.3 Å². The van der Waals surface area contributed by atoms with Gasteiger partial charge < -0.3 is 9.84 Å². The maximum absolute atomic E-state index is 9.03. The monoisotopic (exact) mass is 223 g/mol. The molecule has 0 heterocycles. The summed E-state index contributed by atoms with van der Waals surface area (Å²) >= 11 is 0. The molecule has 0 amide bonds. The zero-order chi connectivity index (χ0) is 12.3. The molecule has 0 aromatic heterocycles. The molecule has 1 aromatic carbocycles. The second kappa shape index (κ2) is 5.32. The first-order chi connectivity index (χ1) is 7.51. The predicted octanol–water partition coefficient (Wildman–Crippen LogP) is 2.00. The van der Waals surface area contributed by atoms with Crippen LogP contribution in [0.2, 0.25) is 0 Å². The largest absolute Gasteiger partial charge is 0.496 e.